The number of hydrogen-bond donors (Lipinski definition) is 1. The molecule has 0 spiro atoms. The molecule has 0 atom stereocenters. The van der Waals surface area contributed by atoms with Gasteiger partial charge in [-0.1, -0.05) is 23.2 Å². The van der Waals surface area contributed by atoms with Crippen molar-refractivity contribution in [3.8, 4) is 11.5 Å². The summed E-state index contributed by atoms with van der Waals surface area (Å²) in [5, 5.41) is 4.64. The zero-order valence-electron chi connectivity index (χ0n) is 12.0. The third-order valence-electron chi connectivity index (χ3n) is 2.96. The van der Waals surface area contributed by atoms with Crippen LogP contribution in [-0.2, 0) is 6.54 Å². The van der Waals surface area contributed by atoms with E-state index in [2.05, 4.69) is 5.32 Å². The first kappa shape index (κ1) is 15.8. The van der Waals surface area contributed by atoms with E-state index < -0.39 is 0 Å². The molecule has 2 rings (SSSR count). The van der Waals surface area contributed by atoms with E-state index in [0.29, 0.717) is 34.7 Å². The summed E-state index contributed by atoms with van der Waals surface area (Å²) < 4.78 is 10.8. The number of benzene rings is 2. The predicted octanol–water partition coefficient (Wildman–Crippen LogP) is 5.01. The number of ether oxygens (including phenoxy) is 2. The van der Waals surface area contributed by atoms with E-state index in [0.717, 1.165) is 11.3 Å². The Balaban J connectivity index is 2.14. The molecule has 0 heterocycles. The average molecular weight is 326 g/mol. The van der Waals surface area contributed by atoms with Crippen molar-refractivity contribution in [2.45, 2.75) is 13.5 Å². The van der Waals surface area contributed by atoms with Gasteiger partial charge in [-0.15, -0.1) is 0 Å². The van der Waals surface area contributed by atoms with E-state index >= 15 is 0 Å². The Hall–Kier alpha value is -1.58. The molecule has 2 aromatic carbocycles. The molecular formula is C16H17Cl2NO2. The molecule has 0 unspecified atom stereocenters. The highest BCUT2D eigenvalue weighted by Gasteiger charge is 2.10. The van der Waals surface area contributed by atoms with Crippen LogP contribution < -0.4 is 14.8 Å². The van der Waals surface area contributed by atoms with Gasteiger partial charge in [0, 0.05) is 28.3 Å². The summed E-state index contributed by atoms with van der Waals surface area (Å²) in [5.74, 6) is 1.33. The molecule has 5 heteroatoms. The molecule has 0 saturated heterocycles. The number of anilines is 1. The van der Waals surface area contributed by atoms with Gasteiger partial charge in [-0.3, -0.25) is 0 Å². The smallest absolute Gasteiger partial charge is 0.162 e. The summed E-state index contributed by atoms with van der Waals surface area (Å²) in [6.07, 6.45) is 0. The van der Waals surface area contributed by atoms with Gasteiger partial charge in [0.1, 0.15) is 0 Å². The predicted molar refractivity (Wildman–Crippen MR) is 88.0 cm³/mol. The van der Waals surface area contributed by atoms with Crippen molar-refractivity contribution in [2.75, 3.05) is 19.0 Å². The lowest BCUT2D eigenvalue weighted by atomic mass is 10.2. The summed E-state index contributed by atoms with van der Waals surface area (Å²) in [6, 6.07) is 11.2. The molecule has 112 valence electrons. The van der Waals surface area contributed by atoms with Crippen LogP contribution in [0.25, 0.3) is 0 Å². The highest BCUT2D eigenvalue weighted by atomic mass is 35.5. The number of nitrogens with one attached hydrogen (secondary N) is 1. The van der Waals surface area contributed by atoms with Crippen molar-refractivity contribution in [3.05, 3.63) is 52.0 Å². The lowest BCUT2D eigenvalue weighted by molar-refractivity contribution is 0.311. The van der Waals surface area contributed by atoms with Crippen LogP contribution in [0.5, 0.6) is 11.5 Å². The largest absolute Gasteiger partial charge is 0.493 e. The van der Waals surface area contributed by atoms with Gasteiger partial charge >= 0.3 is 0 Å². The van der Waals surface area contributed by atoms with Crippen LogP contribution in [0.2, 0.25) is 10.0 Å². The minimum Gasteiger partial charge on any atom is -0.493 e. The van der Waals surface area contributed by atoms with Crippen molar-refractivity contribution in [1.29, 1.82) is 0 Å². The van der Waals surface area contributed by atoms with Crippen LogP contribution in [0.15, 0.2) is 36.4 Å². The number of halogens is 2. The van der Waals surface area contributed by atoms with Crippen LogP contribution in [0.4, 0.5) is 5.69 Å². The van der Waals surface area contributed by atoms with E-state index in [-0.39, 0.29) is 0 Å². The highest BCUT2D eigenvalue weighted by molar-refractivity contribution is 6.31. The maximum Gasteiger partial charge on any atom is 0.162 e. The Labute approximate surface area is 134 Å². The first-order valence-corrected chi connectivity index (χ1v) is 7.38. The molecule has 0 saturated carbocycles. The van der Waals surface area contributed by atoms with Gasteiger partial charge in [0.25, 0.3) is 0 Å². The molecule has 0 aliphatic heterocycles. The lowest BCUT2D eigenvalue weighted by Gasteiger charge is -2.14. The Morgan fingerprint density at radius 3 is 2.38 bits per heavy atom. The second kappa shape index (κ2) is 7.43. The molecule has 0 bridgehead atoms. The number of methoxy groups -OCH3 is 1. The van der Waals surface area contributed by atoms with Crippen molar-refractivity contribution in [1.82, 2.24) is 0 Å². The van der Waals surface area contributed by atoms with Crippen molar-refractivity contribution >= 4 is 28.9 Å². The molecule has 0 fully saturated rings. The Morgan fingerprint density at radius 1 is 1.05 bits per heavy atom. The molecule has 1 N–H and O–H groups in total. The van der Waals surface area contributed by atoms with Gasteiger partial charge < -0.3 is 14.8 Å². The maximum atomic E-state index is 6.29. The highest BCUT2D eigenvalue weighted by Crippen LogP contribution is 2.33. The second-order valence-corrected chi connectivity index (χ2v) is 5.23. The fourth-order valence-corrected chi connectivity index (χ4v) is 2.25. The molecule has 0 radical (unpaired) electrons. The Bertz CT molecular complexity index is 600. The summed E-state index contributed by atoms with van der Waals surface area (Å²) in [6.45, 7) is 3.07. The molecular weight excluding hydrogens is 309 g/mol. The molecule has 2 aromatic rings. The first-order valence-electron chi connectivity index (χ1n) is 6.62. The SMILES string of the molecule is CCOc1cc(Cl)c(CNc2ccc(Cl)cc2)cc1OC. The van der Waals surface area contributed by atoms with Gasteiger partial charge in [-0.05, 0) is 42.8 Å². The lowest BCUT2D eigenvalue weighted by Crippen LogP contribution is -2.02. The fraction of sp³-hybridized carbons (Fsp3) is 0.250. The molecule has 21 heavy (non-hydrogen) atoms. The summed E-state index contributed by atoms with van der Waals surface area (Å²) in [7, 11) is 1.61. The Morgan fingerprint density at radius 2 is 1.76 bits per heavy atom. The van der Waals surface area contributed by atoms with E-state index in [1.54, 1.807) is 13.2 Å². The van der Waals surface area contributed by atoms with Gasteiger partial charge in [0.05, 0.1) is 13.7 Å². The second-order valence-electron chi connectivity index (χ2n) is 4.39. The zero-order valence-corrected chi connectivity index (χ0v) is 13.5. The molecule has 0 aliphatic rings. The van der Waals surface area contributed by atoms with Gasteiger partial charge in [0.2, 0.25) is 0 Å². The van der Waals surface area contributed by atoms with Crippen molar-refractivity contribution in [3.63, 3.8) is 0 Å². The standard InChI is InChI=1S/C16H17Cl2NO2/c1-3-21-16-9-14(18)11(8-15(16)20-2)10-19-13-6-4-12(17)5-7-13/h4-9,19H,3,10H2,1-2H3. The number of rotatable bonds is 6. The minimum atomic E-state index is 0.565. The molecule has 0 aromatic heterocycles. The monoisotopic (exact) mass is 325 g/mol. The third-order valence-corrected chi connectivity index (χ3v) is 3.56. The van der Waals surface area contributed by atoms with Crippen molar-refractivity contribution < 1.29 is 9.47 Å². The maximum absolute atomic E-state index is 6.29. The van der Waals surface area contributed by atoms with Crippen LogP contribution in [0, 0.1) is 0 Å². The Kier molecular flexibility index (Phi) is 5.59. The van der Waals surface area contributed by atoms with Crippen LogP contribution in [0.1, 0.15) is 12.5 Å². The summed E-state index contributed by atoms with van der Waals surface area (Å²) in [4.78, 5) is 0. The van der Waals surface area contributed by atoms with Gasteiger partial charge in [-0.2, -0.15) is 0 Å². The van der Waals surface area contributed by atoms with Gasteiger partial charge in [0.15, 0.2) is 11.5 Å². The quantitative estimate of drug-likeness (QED) is 0.809. The fourth-order valence-electron chi connectivity index (χ4n) is 1.91. The first-order chi connectivity index (χ1) is 10.1. The normalized spacial score (nSPS) is 10.3. The summed E-state index contributed by atoms with van der Waals surface area (Å²) >= 11 is 12.2. The van der Waals surface area contributed by atoms with Crippen LogP contribution in [0.3, 0.4) is 0 Å². The molecule has 3 nitrogen and oxygen atoms in total. The van der Waals surface area contributed by atoms with Crippen LogP contribution >= 0.6 is 23.2 Å². The van der Waals surface area contributed by atoms with E-state index in [1.807, 2.05) is 37.3 Å². The number of hydrogen-bond acceptors (Lipinski definition) is 3. The topological polar surface area (TPSA) is 30.5 Å². The van der Waals surface area contributed by atoms with Gasteiger partial charge in [-0.25, -0.2) is 0 Å². The zero-order chi connectivity index (χ0) is 15.2. The van der Waals surface area contributed by atoms with Crippen molar-refractivity contribution in [2.24, 2.45) is 0 Å². The minimum absolute atomic E-state index is 0.565. The van der Waals surface area contributed by atoms with E-state index in [9.17, 15) is 0 Å². The molecule has 0 amide bonds. The van der Waals surface area contributed by atoms with Crippen LogP contribution in [-0.4, -0.2) is 13.7 Å². The average Bonchev–Trinajstić information content (AvgIpc) is 2.48. The van der Waals surface area contributed by atoms with E-state index in [4.69, 9.17) is 32.7 Å². The molecule has 0 aliphatic carbocycles. The van der Waals surface area contributed by atoms with E-state index in [1.165, 1.54) is 0 Å². The summed E-state index contributed by atoms with van der Waals surface area (Å²) in [5.41, 5.74) is 1.91. The third kappa shape index (κ3) is 4.19.